The Balaban J connectivity index is 1.81. The lowest BCUT2D eigenvalue weighted by molar-refractivity contribution is -0.119. The maximum Gasteiger partial charge on any atom is 0.273 e. The number of ketones is 1. The molecule has 0 aliphatic rings. The van der Waals surface area contributed by atoms with Crippen LogP contribution in [-0.4, -0.2) is 25.9 Å². The number of nitrogens with one attached hydrogen (secondary N) is 1. The Morgan fingerprint density at radius 2 is 1.80 bits per heavy atom. The molecule has 4 rings (SSSR count). The van der Waals surface area contributed by atoms with Crippen molar-refractivity contribution in [2.24, 2.45) is 0 Å². The highest BCUT2D eigenvalue weighted by molar-refractivity contribution is 5.98. The summed E-state index contributed by atoms with van der Waals surface area (Å²) in [6.45, 7) is 5.27. The van der Waals surface area contributed by atoms with E-state index >= 15 is 0 Å². The van der Waals surface area contributed by atoms with Crippen LogP contribution < -0.4 is 10.9 Å². The molecule has 0 fully saturated rings. The maximum atomic E-state index is 13.2. The summed E-state index contributed by atoms with van der Waals surface area (Å²) in [6.07, 6.45) is 0.538. The highest BCUT2D eigenvalue weighted by Crippen LogP contribution is 2.27. The number of Topliss-reactive ketones (excluding diaryl/α,β-unsaturated/α-hetero) is 1. The molecule has 7 nitrogen and oxygen atoms in total. The normalized spacial score (nSPS) is 12.2. The third-order valence-electron chi connectivity index (χ3n) is 5.23. The number of aryl methyl sites for hydroxylation is 1. The lowest BCUT2D eigenvalue weighted by atomic mass is 10.1. The van der Waals surface area contributed by atoms with Crippen molar-refractivity contribution >= 4 is 33.9 Å². The Morgan fingerprint density at radius 3 is 2.47 bits per heavy atom. The molecular weight excluding hydrogens is 380 g/mol. The number of aromatic nitrogens is 3. The molecule has 30 heavy (non-hydrogen) atoms. The van der Waals surface area contributed by atoms with Gasteiger partial charge in [0.15, 0.2) is 11.4 Å². The highest BCUT2D eigenvalue weighted by Gasteiger charge is 2.25. The fourth-order valence-electron chi connectivity index (χ4n) is 3.80. The summed E-state index contributed by atoms with van der Waals surface area (Å²) in [5.74, 6) is -0.212. The minimum Gasteiger partial charge on any atom is -0.324 e. The first kappa shape index (κ1) is 19.6. The van der Waals surface area contributed by atoms with E-state index in [-0.39, 0.29) is 17.2 Å². The van der Waals surface area contributed by atoms with Crippen LogP contribution >= 0.6 is 0 Å². The summed E-state index contributed by atoms with van der Waals surface area (Å²) in [6, 6.07) is 15.4. The molecule has 1 amide bonds. The molecule has 0 bridgehead atoms. The smallest absolute Gasteiger partial charge is 0.273 e. The molecule has 4 aromatic rings. The summed E-state index contributed by atoms with van der Waals surface area (Å²) in [5.41, 5.74) is 2.97. The number of carbonyl (C=O) groups excluding carboxylic acids is 2. The van der Waals surface area contributed by atoms with Crippen LogP contribution in [0.2, 0.25) is 0 Å². The van der Waals surface area contributed by atoms with Crippen LogP contribution in [0, 0.1) is 6.92 Å². The monoisotopic (exact) mass is 402 g/mol. The Kier molecular flexibility index (Phi) is 4.95. The van der Waals surface area contributed by atoms with Crippen molar-refractivity contribution in [2.75, 3.05) is 5.32 Å². The molecule has 0 saturated heterocycles. The molecule has 2 heterocycles. The van der Waals surface area contributed by atoms with E-state index in [1.807, 2.05) is 47.3 Å². The second kappa shape index (κ2) is 7.59. The van der Waals surface area contributed by atoms with E-state index in [1.165, 1.54) is 13.0 Å². The molecule has 152 valence electrons. The van der Waals surface area contributed by atoms with Crippen molar-refractivity contribution in [1.82, 2.24) is 14.2 Å². The fraction of sp³-hybridized carbons (Fsp3) is 0.217. The number of amides is 1. The van der Waals surface area contributed by atoms with Gasteiger partial charge >= 0.3 is 0 Å². The van der Waals surface area contributed by atoms with Gasteiger partial charge in [0, 0.05) is 28.4 Å². The Hall–Kier alpha value is -3.74. The van der Waals surface area contributed by atoms with Crippen molar-refractivity contribution in [3.8, 4) is 0 Å². The predicted molar refractivity (Wildman–Crippen MR) is 116 cm³/mol. The first-order valence-electron chi connectivity index (χ1n) is 9.82. The van der Waals surface area contributed by atoms with Crippen molar-refractivity contribution in [2.45, 2.75) is 33.2 Å². The number of nitrogens with zero attached hydrogens (tertiary/aromatic N) is 3. The molecular formula is C23H22N4O3. The van der Waals surface area contributed by atoms with Crippen molar-refractivity contribution in [3.63, 3.8) is 0 Å². The number of hydrogen-bond acceptors (Lipinski definition) is 4. The average Bonchev–Trinajstić information content (AvgIpc) is 3.04. The molecule has 1 atom stereocenters. The number of benzene rings is 2. The van der Waals surface area contributed by atoms with Crippen LogP contribution in [0.4, 0.5) is 5.69 Å². The summed E-state index contributed by atoms with van der Waals surface area (Å²) >= 11 is 0. The van der Waals surface area contributed by atoms with Crippen LogP contribution in [0.25, 0.3) is 16.6 Å². The summed E-state index contributed by atoms with van der Waals surface area (Å²) in [4.78, 5) is 40.9. The molecule has 0 spiro atoms. The van der Waals surface area contributed by atoms with E-state index in [0.29, 0.717) is 29.0 Å². The minimum absolute atomic E-state index is 0.0262. The first-order chi connectivity index (χ1) is 14.4. The fourth-order valence-corrected chi connectivity index (χ4v) is 3.80. The van der Waals surface area contributed by atoms with E-state index in [0.717, 1.165) is 10.9 Å². The number of rotatable bonds is 5. The molecule has 7 heteroatoms. The lowest BCUT2D eigenvalue weighted by Gasteiger charge is -2.20. The topological polar surface area (TPSA) is 85.5 Å². The number of hydrogen-bond donors (Lipinski definition) is 1. The quantitative estimate of drug-likeness (QED) is 0.515. The summed E-state index contributed by atoms with van der Waals surface area (Å²) in [5, 5.41) is 3.76. The van der Waals surface area contributed by atoms with Gasteiger partial charge in [0.2, 0.25) is 5.91 Å². The van der Waals surface area contributed by atoms with Gasteiger partial charge in [-0.1, -0.05) is 19.1 Å². The Morgan fingerprint density at radius 1 is 1.10 bits per heavy atom. The van der Waals surface area contributed by atoms with E-state index in [1.54, 1.807) is 24.3 Å². The van der Waals surface area contributed by atoms with Gasteiger partial charge in [-0.3, -0.25) is 19.1 Å². The number of carbonyl (C=O) groups is 2. The molecule has 2 aromatic heterocycles. The first-order valence-corrected chi connectivity index (χ1v) is 9.82. The molecule has 1 N–H and O–H groups in total. The van der Waals surface area contributed by atoms with Gasteiger partial charge in [-0.2, -0.15) is 4.98 Å². The second-order valence-corrected chi connectivity index (χ2v) is 7.28. The molecule has 0 saturated carbocycles. The van der Waals surface area contributed by atoms with Crippen molar-refractivity contribution < 1.29 is 9.59 Å². The molecule has 0 aliphatic heterocycles. The molecule has 0 aliphatic carbocycles. The SMILES string of the molecule is CCC(C(=O)Nc1ccc(C(C)=O)cc1)n1c2ccccc2c2nc(=O)cc(C)n21. The van der Waals surface area contributed by atoms with Crippen LogP contribution in [0.1, 0.15) is 42.4 Å². The summed E-state index contributed by atoms with van der Waals surface area (Å²) < 4.78 is 3.73. The minimum atomic E-state index is -0.525. The standard InChI is InChI=1S/C23H22N4O3/c1-4-19(23(30)24-17-11-9-16(10-12-17)15(3)28)27-20-8-6-5-7-18(20)22-25-21(29)13-14(2)26(22)27/h5-13,19H,4H2,1-3H3,(H,24,30). The Labute approximate surface area is 172 Å². The number of fused-ring (bicyclic) bond motifs is 3. The van der Waals surface area contributed by atoms with Gasteiger partial charge < -0.3 is 5.32 Å². The van der Waals surface area contributed by atoms with E-state index in [2.05, 4.69) is 10.3 Å². The van der Waals surface area contributed by atoms with Crippen LogP contribution in [-0.2, 0) is 4.79 Å². The van der Waals surface area contributed by atoms with Gasteiger partial charge in [0.05, 0.1) is 5.52 Å². The van der Waals surface area contributed by atoms with Crippen LogP contribution in [0.15, 0.2) is 59.4 Å². The molecule has 0 radical (unpaired) electrons. The van der Waals surface area contributed by atoms with Gasteiger partial charge in [0.25, 0.3) is 5.56 Å². The molecule has 1 unspecified atom stereocenters. The lowest BCUT2D eigenvalue weighted by Crippen LogP contribution is -2.29. The van der Waals surface area contributed by atoms with Gasteiger partial charge in [-0.25, -0.2) is 4.52 Å². The average molecular weight is 402 g/mol. The zero-order chi connectivity index (χ0) is 21.4. The highest BCUT2D eigenvalue weighted by atomic mass is 16.2. The predicted octanol–water partition coefficient (Wildman–Crippen LogP) is 3.75. The molecule has 2 aromatic carbocycles. The number of anilines is 1. The number of para-hydroxylation sites is 1. The second-order valence-electron chi connectivity index (χ2n) is 7.28. The van der Waals surface area contributed by atoms with Crippen LogP contribution in [0.5, 0.6) is 0 Å². The van der Waals surface area contributed by atoms with Crippen molar-refractivity contribution in [3.05, 3.63) is 76.2 Å². The van der Waals surface area contributed by atoms with E-state index in [4.69, 9.17) is 0 Å². The van der Waals surface area contributed by atoms with Gasteiger partial charge in [0.1, 0.15) is 6.04 Å². The van der Waals surface area contributed by atoms with E-state index in [9.17, 15) is 14.4 Å². The summed E-state index contributed by atoms with van der Waals surface area (Å²) in [7, 11) is 0. The van der Waals surface area contributed by atoms with Crippen LogP contribution in [0.3, 0.4) is 0 Å². The Bertz CT molecular complexity index is 1330. The van der Waals surface area contributed by atoms with E-state index < -0.39 is 6.04 Å². The third kappa shape index (κ3) is 3.28. The zero-order valence-corrected chi connectivity index (χ0v) is 17.0. The van der Waals surface area contributed by atoms with Crippen molar-refractivity contribution in [1.29, 1.82) is 0 Å². The zero-order valence-electron chi connectivity index (χ0n) is 17.0. The van der Waals surface area contributed by atoms with Gasteiger partial charge in [-0.15, -0.1) is 0 Å². The van der Waals surface area contributed by atoms with Gasteiger partial charge in [-0.05, 0) is 56.7 Å². The maximum absolute atomic E-state index is 13.2. The largest absolute Gasteiger partial charge is 0.324 e. The third-order valence-corrected chi connectivity index (χ3v) is 5.23.